The van der Waals surface area contributed by atoms with E-state index in [2.05, 4.69) is 10.4 Å². The van der Waals surface area contributed by atoms with Crippen LogP contribution in [-0.4, -0.2) is 14.7 Å². The normalized spacial score (nSPS) is 10.6. The molecule has 0 aliphatic heterocycles. The molecule has 2 rings (SSSR count). The molecule has 21 heavy (non-hydrogen) atoms. The smallest absolute Gasteiger partial charge is 0.334 e. The van der Waals surface area contributed by atoms with Crippen molar-refractivity contribution >= 4 is 11.5 Å². The van der Waals surface area contributed by atoms with Crippen LogP contribution >= 0.6 is 0 Å². The Morgan fingerprint density at radius 2 is 2.14 bits per heavy atom. The van der Waals surface area contributed by atoms with Crippen molar-refractivity contribution in [2.45, 2.75) is 26.3 Å². The van der Waals surface area contributed by atoms with E-state index < -0.39 is 4.92 Å². The molecular weight excluding hydrogens is 275 g/mol. The second kappa shape index (κ2) is 6.34. The first-order chi connectivity index (χ1) is 10.0. The zero-order valence-corrected chi connectivity index (χ0v) is 12.0. The van der Waals surface area contributed by atoms with Crippen LogP contribution in [-0.2, 0) is 20.0 Å². The Balaban J connectivity index is 2.27. The second-order valence-corrected chi connectivity index (χ2v) is 4.72. The van der Waals surface area contributed by atoms with Crippen molar-refractivity contribution in [2.75, 3.05) is 5.32 Å². The number of aromatic nitrogens is 2. The van der Waals surface area contributed by atoms with Gasteiger partial charge in [-0.2, -0.15) is 5.10 Å². The number of hydrogen-bond donors (Lipinski definition) is 1. The summed E-state index contributed by atoms with van der Waals surface area (Å²) in [5.74, 6) is -0.0460. The Morgan fingerprint density at radius 3 is 2.76 bits per heavy atom. The second-order valence-electron chi connectivity index (χ2n) is 4.72. The zero-order chi connectivity index (χ0) is 15.4. The van der Waals surface area contributed by atoms with Gasteiger partial charge in [0.25, 0.3) is 0 Å². The van der Waals surface area contributed by atoms with Gasteiger partial charge in [0.05, 0.1) is 4.92 Å². The van der Waals surface area contributed by atoms with E-state index in [0.29, 0.717) is 23.5 Å². The van der Waals surface area contributed by atoms with E-state index in [1.54, 1.807) is 25.2 Å². The number of benzene rings is 1. The molecule has 2 aromatic rings. The first-order valence-corrected chi connectivity index (χ1v) is 6.72. The van der Waals surface area contributed by atoms with Gasteiger partial charge in [-0.1, -0.05) is 31.5 Å². The Morgan fingerprint density at radius 1 is 1.43 bits per heavy atom. The van der Waals surface area contributed by atoms with E-state index in [1.807, 2.05) is 6.92 Å². The van der Waals surface area contributed by atoms with Gasteiger partial charge in [0, 0.05) is 19.2 Å². The lowest BCUT2D eigenvalue weighted by atomic mass is 10.2. The number of hydrogen-bond acceptors (Lipinski definition) is 4. The summed E-state index contributed by atoms with van der Waals surface area (Å²) in [7, 11) is 1.63. The van der Waals surface area contributed by atoms with Crippen LogP contribution in [0.2, 0.25) is 0 Å². The largest absolute Gasteiger partial charge is 0.360 e. The zero-order valence-electron chi connectivity index (χ0n) is 12.0. The molecule has 1 N–H and O–H groups in total. The summed E-state index contributed by atoms with van der Waals surface area (Å²) in [6.07, 6.45) is 1.30. The molecule has 0 radical (unpaired) electrons. The summed E-state index contributed by atoms with van der Waals surface area (Å²) in [5, 5.41) is 18.3. The number of nitrogens with one attached hydrogen (secondary N) is 1. The minimum absolute atomic E-state index is 0.0318. The van der Waals surface area contributed by atoms with Gasteiger partial charge in [0.2, 0.25) is 5.82 Å². The van der Waals surface area contributed by atoms with Crippen molar-refractivity contribution in [3.8, 4) is 0 Å². The van der Waals surface area contributed by atoms with E-state index in [0.717, 1.165) is 6.42 Å². The highest BCUT2D eigenvalue weighted by Crippen LogP contribution is 2.29. The lowest BCUT2D eigenvalue weighted by Crippen LogP contribution is -2.07. The summed E-state index contributed by atoms with van der Waals surface area (Å²) in [5.41, 5.74) is 0.863. The van der Waals surface area contributed by atoms with Crippen LogP contribution in [0.4, 0.5) is 15.9 Å². The molecule has 0 atom stereocenters. The minimum Gasteiger partial charge on any atom is -0.360 e. The number of anilines is 1. The van der Waals surface area contributed by atoms with Crippen LogP contribution in [0.5, 0.6) is 0 Å². The Kier molecular flexibility index (Phi) is 4.52. The van der Waals surface area contributed by atoms with Gasteiger partial charge >= 0.3 is 5.69 Å². The molecule has 0 saturated heterocycles. The van der Waals surface area contributed by atoms with Crippen molar-refractivity contribution in [3.05, 3.63) is 51.5 Å². The summed E-state index contributed by atoms with van der Waals surface area (Å²) in [6, 6.07) is 6.32. The van der Waals surface area contributed by atoms with E-state index in [9.17, 15) is 14.5 Å². The van der Waals surface area contributed by atoms with Crippen LogP contribution < -0.4 is 5.32 Å². The topological polar surface area (TPSA) is 73.0 Å². The highest BCUT2D eigenvalue weighted by atomic mass is 19.1. The SMILES string of the molecule is CCCc1nn(C)c(NCc2ccccc2F)c1[N+](=O)[O-]. The molecule has 0 aliphatic carbocycles. The molecule has 1 aromatic heterocycles. The molecule has 0 fully saturated rings. The average Bonchev–Trinajstić information content (AvgIpc) is 2.74. The fourth-order valence-electron chi connectivity index (χ4n) is 2.18. The van der Waals surface area contributed by atoms with E-state index in [1.165, 1.54) is 10.7 Å². The number of nitrogens with zero attached hydrogens (tertiary/aromatic N) is 3. The van der Waals surface area contributed by atoms with Crippen LogP contribution in [0, 0.1) is 15.9 Å². The van der Waals surface area contributed by atoms with Crippen LogP contribution in [0.3, 0.4) is 0 Å². The maximum Gasteiger partial charge on any atom is 0.334 e. The van der Waals surface area contributed by atoms with E-state index >= 15 is 0 Å². The molecule has 1 aromatic carbocycles. The maximum absolute atomic E-state index is 13.6. The third kappa shape index (κ3) is 3.18. The number of rotatable bonds is 6. The van der Waals surface area contributed by atoms with Gasteiger partial charge in [-0.05, 0) is 12.5 Å². The van der Waals surface area contributed by atoms with Gasteiger partial charge in [-0.3, -0.25) is 10.1 Å². The fourth-order valence-corrected chi connectivity index (χ4v) is 2.18. The Labute approximate surface area is 121 Å². The molecule has 112 valence electrons. The quantitative estimate of drug-likeness (QED) is 0.656. The predicted molar refractivity (Wildman–Crippen MR) is 77.6 cm³/mol. The standard InChI is InChI=1S/C14H17FN4O2/c1-3-6-12-13(19(20)21)14(18(2)17-12)16-9-10-7-4-5-8-11(10)15/h4-5,7-8,16H,3,6,9H2,1-2H3. The first kappa shape index (κ1) is 15.0. The highest BCUT2D eigenvalue weighted by Gasteiger charge is 2.25. The molecule has 0 spiro atoms. The lowest BCUT2D eigenvalue weighted by molar-refractivity contribution is -0.384. The van der Waals surface area contributed by atoms with E-state index in [-0.39, 0.29) is 18.0 Å². The summed E-state index contributed by atoms with van der Waals surface area (Å²) in [4.78, 5) is 10.8. The molecular formula is C14H17FN4O2. The molecule has 0 bridgehead atoms. The van der Waals surface area contributed by atoms with Crippen LogP contribution in [0.15, 0.2) is 24.3 Å². The van der Waals surface area contributed by atoms with Crippen molar-refractivity contribution in [1.82, 2.24) is 9.78 Å². The van der Waals surface area contributed by atoms with Crippen molar-refractivity contribution in [3.63, 3.8) is 0 Å². The van der Waals surface area contributed by atoms with Crippen LogP contribution in [0.1, 0.15) is 24.6 Å². The summed E-state index contributed by atoms with van der Waals surface area (Å²) < 4.78 is 15.0. The van der Waals surface area contributed by atoms with Crippen molar-refractivity contribution in [2.24, 2.45) is 7.05 Å². The number of aryl methyl sites for hydroxylation is 2. The number of halogens is 1. The van der Waals surface area contributed by atoms with Crippen molar-refractivity contribution < 1.29 is 9.31 Å². The molecule has 0 unspecified atom stereocenters. The first-order valence-electron chi connectivity index (χ1n) is 6.72. The fraction of sp³-hybridized carbons (Fsp3) is 0.357. The minimum atomic E-state index is -0.443. The molecule has 0 aliphatic rings. The summed E-state index contributed by atoms with van der Waals surface area (Å²) in [6.45, 7) is 2.10. The predicted octanol–water partition coefficient (Wildman–Crippen LogP) is 3.03. The Hall–Kier alpha value is -2.44. The van der Waals surface area contributed by atoms with Crippen LogP contribution in [0.25, 0.3) is 0 Å². The monoisotopic (exact) mass is 292 g/mol. The molecule has 0 amide bonds. The molecule has 7 heteroatoms. The van der Waals surface area contributed by atoms with Crippen molar-refractivity contribution in [1.29, 1.82) is 0 Å². The van der Waals surface area contributed by atoms with Gasteiger partial charge in [-0.25, -0.2) is 9.07 Å². The molecule has 0 saturated carbocycles. The van der Waals surface area contributed by atoms with Gasteiger partial charge in [-0.15, -0.1) is 0 Å². The van der Waals surface area contributed by atoms with Gasteiger partial charge in [0.1, 0.15) is 11.5 Å². The van der Waals surface area contributed by atoms with E-state index in [4.69, 9.17) is 0 Å². The van der Waals surface area contributed by atoms with Gasteiger partial charge in [0.15, 0.2) is 0 Å². The van der Waals surface area contributed by atoms with Gasteiger partial charge < -0.3 is 5.32 Å². The number of nitro groups is 1. The maximum atomic E-state index is 13.6. The highest BCUT2D eigenvalue weighted by molar-refractivity contribution is 5.60. The third-order valence-electron chi connectivity index (χ3n) is 3.17. The Bertz CT molecular complexity index is 654. The molecule has 6 nitrogen and oxygen atoms in total. The molecule has 1 heterocycles. The average molecular weight is 292 g/mol. The summed E-state index contributed by atoms with van der Waals surface area (Å²) >= 11 is 0. The third-order valence-corrected chi connectivity index (χ3v) is 3.17. The lowest BCUT2D eigenvalue weighted by Gasteiger charge is -2.07.